The van der Waals surface area contributed by atoms with Crippen LogP contribution in [0.3, 0.4) is 0 Å². The number of rotatable bonds is 0. The minimum atomic E-state index is -0.167. The molecule has 0 bridgehead atoms. The predicted octanol–water partition coefficient (Wildman–Crippen LogP) is 3.41. The molecule has 0 radical (unpaired) electrons. The van der Waals surface area contributed by atoms with Crippen LogP contribution < -0.4 is 0 Å². The zero-order valence-corrected chi connectivity index (χ0v) is 10.8. The summed E-state index contributed by atoms with van der Waals surface area (Å²) in [5, 5.41) is 0. The van der Waals surface area contributed by atoms with Crippen molar-refractivity contribution in [3.8, 4) is 0 Å². The zero-order chi connectivity index (χ0) is 10.4. The molecule has 0 saturated carbocycles. The van der Waals surface area contributed by atoms with E-state index in [4.69, 9.17) is 13.1 Å². The quantitative estimate of drug-likeness (QED) is 0.472. The molecule has 0 rings (SSSR count). The van der Waals surface area contributed by atoms with Crippen LogP contribution in [-0.4, -0.2) is 11.1 Å². The molecular weight excluding hydrogens is 255 g/mol. The second-order valence-electron chi connectivity index (χ2n) is 4.57. The molecule has 13 heavy (non-hydrogen) atoms. The molecular formula is C10H18N2Pd. The van der Waals surface area contributed by atoms with E-state index in [1.165, 1.54) is 0 Å². The number of hydrogen-bond donors (Lipinski definition) is 0. The Morgan fingerprint density at radius 2 is 0.769 bits per heavy atom. The summed E-state index contributed by atoms with van der Waals surface area (Å²) in [6.07, 6.45) is 0. The van der Waals surface area contributed by atoms with Crippen molar-refractivity contribution in [1.82, 2.24) is 0 Å². The normalized spacial score (nSPS) is 9.54. The fraction of sp³-hybridized carbons (Fsp3) is 0.800. The molecule has 0 unspecified atom stereocenters. The molecule has 0 aromatic heterocycles. The average Bonchev–Trinajstić information content (AvgIpc) is 1.86. The summed E-state index contributed by atoms with van der Waals surface area (Å²) < 4.78 is 0. The summed E-state index contributed by atoms with van der Waals surface area (Å²) in [7, 11) is 0. The molecule has 0 N–H and O–H groups in total. The third kappa shape index (κ3) is 34.0. The first-order valence-electron chi connectivity index (χ1n) is 3.89. The van der Waals surface area contributed by atoms with E-state index >= 15 is 0 Å². The first kappa shape index (κ1) is 18.4. The van der Waals surface area contributed by atoms with Gasteiger partial charge in [0.2, 0.25) is 11.1 Å². The topological polar surface area (TPSA) is 8.72 Å². The minimum absolute atomic E-state index is 0. The molecule has 0 saturated heterocycles. The Labute approximate surface area is 96.0 Å². The van der Waals surface area contributed by atoms with Gasteiger partial charge < -0.3 is 9.69 Å². The Bertz CT molecular complexity index is 171. The van der Waals surface area contributed by atoms with Crippen molar-refractivity contribution in [3.05, 3.63) is 22.8 Å². The maximum Gasteiger partial charge on any atom is 0.224 e. The molecule has 0 aromatic carbocycles. The van der Waals surface area contributed by atoms with E-state index in [0.717, 1.165) is 0 Å². The Morgan fingerprint density at radius 1 is 0.692 bits per heavy atom. The molecule has 0 atom stereocenters. The van der Waals surface area contributed by atoms with Crippen LogP contribution in [0.5, 0.6) is 0 Å². The van der Waals surface area contributed by atoms with Gasteiger partial charge in [-0.25, -0.2) is 13.1 Å². The van der Waals surface area contributed by atoms with E-state index in [1.807, 2.05) is 41.5 Å². The van der Waals surface area contributed by atoms with Crippen molar-refractivity contribution in [2.45, 2.75) is 52.6 Å². The minimum Gasteiger partial charge on any atom is -0.311 e. The van der Waals surface area contributed by atoms with E-state index < -0.39 is 0 Å². The molecule has 0 heterocycles. The third-order valence-electron chi connectivity index (χ3n) is 0.671. The molecule has 0 spiro atoms. The van der Waals surface area contributed by atoms with Crippen molar-refractivity contribution in [3.63, 3.8) is 0 Å². The summed E-state index contributed by atoms with van der Waals surface area (Å²) in [5.74, 6) is 0. The van der Waals surface area contributed by atoms with Crippen LogP contribution in [0.2, 0.25) is 0 Å². The SMILES string of the molecule is [C-]#[N+]C(C)(C)C.[C-]#[N+]C(C)(C)C.[Pd]. The Hall–Kier alpha value is -0.358. The van der Waals surface area contributed by atoms with E-state index in [9.17, 15) is 0 Å². The molecule has 0 aromatic rings. The van der Waals surface area contributed by atoms with Crippen LogP contribution in [0.15, 0.2) is 0 Å². The van der Waals surface area contributed by atoms with Gasteiger partial charge in [0.1, 0.15) is 0 Å². The molecule has 0 aliphatic heterocycles. The van der Waals surface area contributed by atoms with Crippen LogP contribution in [-0.2, 0) is 20.4 Å². The second-order valence-corrected chi connectivity index (χ2v) is 4.57. The summed E-state index contributed by atoms with van der Waals surface area (Å²) in [5.41, 5.74) is -0.333. The molecule has 2 nitrogen and oxygen atoms in total. The van der Waals surface area contributed by atoms with Gasteiger partial charge in [-0.1, -0.05) is 0 Å². The van der Waals surface area contributed by atoms with Crippen LogP contribution in [0.1, 0.15) is 41.5 Å². The monoisotopic (exact) mass is 272 g/mol. The van der Waals surface area contributed by atoms with Crippen LogP contribution >= 0.6 is 0 Å². The Kier molecular flexibility index (Phi) is 10.0. The van der Waals surface area contributed by atoms with Gasteiger partial charge in [-0.05, 0) is 0 Å². The van der Waals surface area contributed by atoms with E-state index in [1.54, 1.807) is 0 Å². The van der Waals surface area contributed by atoms with Gasteiger partial charge in [0.25, 0.3) is 0 Å². The molecule has 3 heteroatoms. The maximum absolute atomic E-state index is 6.48. The van der Waals surface area contributed by atoms with E-state index in [2.05, 4.69) is 9.69 Å². The zero-order valence-electron chi connectivity index (χ0n) is 9.21. The second kappa shape index (κ2) is 7.08. The van der Waals surface area contributed by atoms with Gasteiger partial charge in [-0.3, -0.25) is 0 Å². The summed E-state index contributed by atoms with van der Waals surface area (Å²) in [4.78, 5) is 6.54. The van der Waals surface area contributed by atoms with Gasteiger partial charge in [-0.15, -0.1) is 0 Å². The van der Waals surface area contributed by atoms with Gasteiger partial charge in [-0.2, -0.15) is 0 Å². The fourth-order valence-corrected chi connectivity index (χ4v) is 0. The fourth-order valence-electron chi connectivity index (χ4n) is 0. The molecule has 0 amide bonds. The summed E-state index contributed by atoms with van der Waals surface area (Å²) in [6, 6.07) is 0. The number of hydrogen-bond acceptors (Lipinski definition) is 0. The largest absolute Gasteiger partial charge is 0.311 e. The van der Waals surface area contributed by atoms with Crippen LogP contribution in [0, 0.1) is 13.1 Å². The van der Waals surface area contributed by atoms with Crippen LogP contribution in [0.25, 0.3) is 9.69 Å². The van der Waals surface area contributed by atoms with Crippen molar-refractivity contribution in [1.29, 1.82) is 0 Å². The van der Waals surface area contributed by atoms with Crippen LogP contribution in [0.4, 0.5) is 0 Å². The summed E-state index contributed by atoms with van der Waals surface area (Å²) in [6.45, 7) is 24.3. The van der Waals surface area contributed by atoms with Gasteiger partial charge >= 0.3 is 0 Å². The first-order valence-corrected chi connectivity index (χ1v) is 3.89. The van der Waals surface area contributed by atoms with Gasteiger partial charge in [0.05, 0.1) is 0 Å². The van der Waals surface area contributed by atoms with E-state index in [-0.39, 0.29) is 31.5 Å². The smallest absolute Gasteiger partial charge is 0.224 e. The molecule has 78 valence electrons. The van der Waals surface area contributed by atoms with Crippen molar-refractivity contribution in [2.24, 2.45) is 0 Å². The standard InChI is InChI=1S/2C5H9N.Pd/c2*1-5(2,3)6-4;/h2*1-3H3;. The van der Waals surface area contributed by atoms with Gasteiger partial charge in [0.15, 0.2) is 0 Å². The Morgan fingerprint density at radius 3 is 0.769 bits per heavy atom. The predicted molar refractivity (Wildman–Crippen MR) is 52.7 cm³/mol. The van der Waals surface area contributed by atoms with E-state index in [0.29, 0.717) is 0 Å². The van der Waals surface area contributed by atoms with Crippen molar-refractivity contribution in [2.75, 3.05) is 0 Å². The maximum atomic E-state index is 6.48. The Balaban J connectivity index is -0.000000143. The molecule has 0 fully saturated rings. The van der Waals surface area contributed by atoms with Crippen molar-refractivity contribution < 1.29 is 20.4 Å². The molecule has 0 aliphatic rings. The first-order chi connectivity index (χ1) is 5.12. The third-order valence-corrected chi connectivity index (χ3v) is 0.671. The summed E-state index contributed by atoms with van der Waals surface area (Å²) >= 11 is 0. The van der Waals surface area contributed by atoms with Crippen molar-refractivity contribution >= 4 is 0 Å². The average molecular weight is 273 g/mol. The molecule has 0 aliphatic carbocycles. The van der Waals surface area contributed by atoms with Gasteiger partial charge in [0, 0.05) is 62.0 Å². The number of nitrogens with zero attached hydrogens (tertiary/aromatic N) is 2.